The average Bonchev–Trinajstić information content (AvgIpc) is 2.61. The van der Waals surface area contributed by atoms with Crippen LogP contribution >= 0.6 is 0 Å². The first-order chi connectivity index (χ1) is 12.5. The summed E-state index contributed by atoms with van der Waals surface area (Å²) in [6.45, 7) is 4.44. The summed E-state index contributed by atoms with van der Waals surface area (Å²) in [5, 5.41) is 20.7. The number of ether oxygens (including phenoxy) is 3. The molecule has 1 aromatic carbocycles. The number of unbranched alkanes of at least 4 members (excludes halogenated alkanes) is 4. The molecule has 6 heteroatoms. The van der Waals surface area contributed by atoms with E-state index in [0.29, 0.717) is 18.6 Å². The zero-order valence-electron chi connectivity index (χ0n) is 15.9. The Kier molecular flexibility index (Phi) is 7.72. The van der Waals surface area contributed by atoms with E-state index in [-0.39, 0.29) is 23.2 Å². The summed E-state index contributed by atoms with van der Waals surface area (Å²) in [6, 6.07) is 1.51. The quantitative estimate of drug-likeness (QED) is 0.503. The summed E-state index contributed by atoms with van der Waals surface area (Å²) in [7, 11) is 1.20. The Bertz CT molecular complexity index is 613. The highest BCUT2D eigenvalue weighted by Gasteiger charge is 2.34. The molecule has 0 spiro atoms. The van der Waals surface area contributed by atoms with Gasteiger partial charge in [0.2, 0.25) is 0 Å². The van der Waals surface area contributed by atoms with Crippen LogP contribution in [0.3, 0.4) is 0 Å². The molecule has 1 aromatic rings. The summed E-state index contributed by atoms with van der Waals surface area (Å²) in [4.78, 5) is 11.9. The van der Waals surface area contributed by atoms with Crippen LogP contribution < -0.4 is 0 Å². The molecule has 1 aliphatic rings. The van der Waals surface area contributed by atoms with E-state index in [1.807, 2.05) is 6.92 Å². The van der Waals surface area contributed by atoms with Gasteiger partial charge in [0, 0.05) is 6.61 Å². The molecule has 1 aliphatic heterocycles. The van der Waals surface area contributed by atoms with Crippen molar-refractivity contribution in [3.63, 3.8) is 0 Å². The molecular formula is C20H30O6. The molecule has 0 unspecified atom stereocenters. The normalized spacial score (nSPS) is 19.2. The lowest BCUT2D eigenvalue weighted by molar-refractivity contribution is -0.183. The van der Waals surface area contributed by atoms with Crippen molar-refractivity contribution in [3.8, 4) is 11.5 Å². The molecular weight excluding hydrogens is 336 g/mol. The number of aromatic hydroxyl groups is 2. The van der Waals surface area contributed by atoms with E-state index in [0.717, 1.165) is 24.8 Å². The lowest BCUT2D eigenvalue weighted by atomic mass is 9.92. The molecule has 0 bridgehead atoms. The van der Waals surface area contributed by atoms with Gasteiger partial charge >= 0.3 is 5.97 Å². The Morgan fingerprint density at radius 2 is 1.96 bits per heavy atom. The molecule has 0 radical (unpaired) electrons. The van der Waals surface area contributed by atoms with Gasteiger partial charge in [0.15, 0.2) is 6.29 Å². The molecule has 0 saturated heterocycles. The van der Waals surface area contributed by atoms with Crippen LogP contribution in [0.5, 0.6) is 11.5 Å². The summed E-state index contributed by atoms with van der Waals surface area (Å²) in [6.07, 6.45) is 6.57. The number of esters is 1. The Balaban J connectivity index is 2.21. The SMILES string of the molecule is CCCCCCC[C@@H]1Cc2cc(O)c(C(=O)OC)c(O)c2[C@H](OCC)O1. The van der Waals surface area contributed by atoms with E-state index in [9.17, 15) is 15.0 Å². The molecule has 0 aromatic heterocycles. The van der Waals surface area contributed by atoms with E-state index in [4.69, 9.17) is 9.47 Å². The predicted octanol–water partition coefficient (Wildman–Crippen LogP) is 4.22. The van der Waals surface area contributed by atoms with Crippen LogP contribution in [0.1, 0.15) is 80.1 Å². The summed E-state index contributed by atoms with van der Waals surface area (Å²) in [5.74, 6) is -1.41. The fraction of sp³-hybridized carbons (Fsp3) is 0.650. The zero-order chi connectivity index (χ0) is 19.1. The Hall–Kier alpha value is -1.79. The lowest BCUT2D eigenvalue weighted by Gasteiger charge is -2.33. The zero-order valence-corrected chi connectivity index (χ0v) is 15.9. The third kappa shape index (κ3) is 4.68. The number of carbonyl (C=O) groups is 1. The molecule has 2 N–H and O–H groups in total. The van der Waals surface area contributed by atoms with Gasteiger partial charge in [-0.3, -0.25) is 0 Å². The first-order valence-corrected chi connectivity index (χ1v) is 9.46. The first-order valence-electron chi connectivity index (χ1n) is 9.46. The van der Waals surface area contributed by atoms with Crippen LogP contribution in [0.4, 0.5) is 0 Å². The standard InChI is InChI=1S/C20H30O6/c1-4-6-7-8-9-10-14-11-13-12-15(21)17(19(23)24-3)18(22)16(13)20(26-14)25-5-2/h12,14,20-22H,4-11H2,1-3H3/t14-,20-/m1/s1. The van der Waals surface area contributed by atoms with Crippen LogP contribution in [0, 0.1) is 0 Å². The highest BCUT2D eigenvalue weighted by molar-refractivity contribution is 5.96. The lowest BCUT2D eigenvalue weighted by Crippen LogP contribution is -2.28. The summed E-state index contributed by atoms with van der Waals surface area (Å²) >= 11 is 0. The summed E-state index contributed by atoms with van der Waals surface area (Å²) in [5.41, 5.74) is 0.903. The highest BCUT2D eigenvalue weighted by Crippen LogP contribution is 2.43. The number of hydrogen-bond donors (Lipinski definition) is 2. The minimum Gasteiger partial charge on any atom is -0.507 e. The fourth-order valence-corrected chi connectivity index (χ4v) is 3.41. The number of fused-ring (bicyclic) bond motifs is 1. The molecule has 1 heterocycles. The van der Waals surface area contributed by atoms with Gasteiger partial charge in [0.25, 0.3) is 0 Å². The minimum absolute atomic E-state index is 0.0385. The van der Waals surface area contributed by atoms with Gasteiger partial charge in [-0.25, -0.2) is 4.79 Å². The Morgan fingerprint density at radius 3 is 2.62 bits per heavy atom. The van der Waals surface area contributed by atoms with Gasteiger partial charge in [-0.1, -0.05) is 39.0 Å². The number of hydrogen-bond acceptors (Lipinski definition) is 6. The van der Waals surface area contributed by atoms with Crippen LogP contribution in [-0.2, 0) is 20.6 Å². The van der Waals surface area contributed by atoms with E-state index in [1.54, 1.807) is 0 Å². The van der Waals surface area contributed by atoms with Crippen LogP contribution in [0.15, 0.2) is 6.07 Å². The number of phenols is 2. The van der Waals surface area contributed by atoms with Gasteiger partial charge < -0.3 is 24.4 Å². The second kappa shape index (κ2) is 9.78. The van der Waals surface area contributed by atoms with Gasteiger partial charge in [-0.15, -0.1) is 0 Å². The highest BCUT2D eigenvalue weighted by atomic mass is 16.7. The number of methoxy groups -OCH3 is 1. The molecule has 0 fully saturated rings. The molecule has 2 rings (SSSR count). The molecule has 0 saturated carbocycles. The molecule has 26 heavy (non-hydrogen) atoms. The maximum atomic E-state index is 11.9. The van der Waals surface area contributed by atoms with Gasteiger partial charge in [0.05, 0.1) is 18.8 Å². The van der Waals surface area contributed by atoms with E-state index < -0.39 is 12.3 Å². The number of benzene rings is 1. The third-order valence-electron chi connectivity index (χ3n) is 4.74. The molecule has 146 valence electrons. The van der Waals surface area contributed by atoms with Gasteiger partial charge in [0.1, 0.15) is 17.1 Å². The molecule has 0 amide bonds. The molecule has 0 aliphatic carbocycles. The van der Waals surface area contributed by atoms with E-state index >= 15 is 0 Å². The summed E-state index contributed by atoms with van der Waals surface area (Å²) < 4.78 is 16.3. The number of rotatable bonds is 9. The second-order valence-electron chi connectivity index (χ2n) is 6.64. The van der Waals surface area contributed by atoms with Gasteiger partial charge in [-0.05, 0) is 31.4 Å². The Labute approximate surface area is 155 Å². The first kappa shape index (κ1) is 20.5. The van der Waals surface area contributed by atoms with Crippen LogP contribution in [-0.4, -0.2) is 36.0 Å². The third-order valence-corrected chi connectivity index (χ3v) is 4.74. The fourth-order valence-electron chi connectivity index (χ4n) is 3.41. The maximum Gasteiger partial charge on any atom is 0.345 e. The topological polar surface area (TPSA) is 85.2 Å². The monoisotopic (exact) mass is 366 g/mol. The van der Waals surface area contributed by atoms with Crippen molar-refractivity contribution in [2.45, 2.75) is 71.2 Å². The van der Waals surface area contributed by atoms with Crippen molar-refractivity contribution in [2.24, 2.45) is 0 Å². The van der Waals surface area contributed by atoms with Crippen molar-refractivity contribution in [1.29, 1.82) is 0 Å². The van der Waals surface area contributed by atoms with Crippen molar-refractivity contribution in [1.82, 2.24) is 0 Å². The smallest absolute Gasteiger partial charge is 0.345 e. The average molecular weight is 366 g/mol. The van der Waals surface area contributed by atoms with Crippen LogP contribution in [0.2, 0.25) is 0 Å². The van der Waals surface area contributed by atoms with Gasteiger partial charge in [-0.2, -0.15) is 0 Å². The van der Waals surface area contributed by atoms with Crippen molar-refractivity contribution in [3.05, 3.63) is 22.8 Å². The maximum absolute atomic E-state index is 11.9. The molecule has 6 nitrogen and oxygen atoms in total. The second-order valence-corrected chi connectivity index (χ2v) is 6.64. The molecule has 2 atom stereocenters. The predicted molar refractivity (Wildman–Crippen MR) is 97.4 cm³/mol. The van der Waals surface area contributed by atoms with Crippen molar-refractivity contribution >= 4 is 5.97 Å². The Morgan fingerprint density at radius 1 is 1.23 bits per heavy atom. The van der Waals surface area contributed by atoms with Crippen LogP contribution in [0.25, 0.3) is 0 Å². The van der Waals surface area contributed by atoms with E-state index in [2.05, 4.69) is 11.7 Å². The minimum atomic E-state index is -0.795. The van der Waals surface area contributed by atoms with Crippen molar-refractivity contribution in [2.75, 3.05) is 13.7 Å². The van der Waals surface area contributed by atoms with Crippen molar-refractivity contribution < 1.29 is 29.2 Å². The van der Waals surface area contributed by atoms with E-state index in [1.165, 1.54) is 32.4 Å². The number of carbonyl (C=O) groups excluding carboxylic acids is 1. The largest absolute Gasteiger partial charge is 0.507 e. The number of phenolic OH excluding ortho intramolecular Hbond substituents is 2.